The number of rotatable bonds is 7. The molecule has 0 spiro atoms. The highest BCUT2D eigenvalue weighted by molar-refractivity contribution is 5.93. The fourth-order valence-electron chi connectivity index (χ4n) is 2.37. The van der Waals surface area contributed by atoms with Crippen molar-refractivity contribution < 1.29 is 9.53 Å². The first-order valence-corrected chi connectivity index (χ1v) is 7.53. The maximum Gasteiger partial charge on any atom is 0.338 e. The number of carbonyl (C=O) groups is 1. The minimum atomic E-state index is -0.282. The van der Waals surface area contributed by atoms with E-state index in [1.54, 1.807) is 6.07 Å². The molecule has 0 saturated heterocycles. The second kappa shape index (κ2) is 7.22. The van der Waals surface area contributed by atoms with Crippen molar-refractivity contribution in [3.05, 3.63) is 30.1 Å². The summed E-state index contributed by atoms with van der Waals surface area (Å²) in [5.74, 6) is -0.282. The summed E-state index contributed by atoms with van der Waals surface area (Å²) in [7, 11) is 0. The molecule has 2 rings (SSSR count). The van der Waals surface area contributed by atoms with Crippen LogP contribution in [0, 0.1) is 0 Å². The van der Waals surface area contributed by atoms with E-state index in [4.69, 9.17) is 4.74 Å². The van der Waals surface area contributed by atoms with Gasteiger partial charge in [-0.1, -0.05) is 13.8 Å². The quantitative estimate of drug-likeness (QED) is 0.735. The van der Waals surface area contributed by atoms with Crippen LogP contribution < -0.4 is 0 Å². The predicted octanol–water partition coefficient (Wildman–Crippen LogP) is 2.55. The largest absolute Gasteiger partial charge is 0.462 e. The third kappa shape index (κ3) is 3.61. The first-order valence-electron chi connectivity index (χ1n) is 7.53. The molecule has 0 bridgehead atoms. The molecule has 0 radical (unpaired) electrons. The van der Waals surface area contributed by atoms with Crippen molar-refractivity contribution >= 4 is 17.0 Å². The molecule has 0 atom stereocenters. The topological polar surface area (TPSA) is 47.4 Å². The van der Waals surface area contributed by atoms with Crippen molar-refractivity contribution in [3.8, 4) is 0 Å². The van der Waals surface area contributed by atoms with E-state index in [1.165, 1.54) is 0 Å². The lowest BCUT2D eigenvalue weighted by Gasteiger charge is -2.18. The Bertz CT molecular complexity index is 603. The molecule has 0 aliphatic heterocycles. The lowest BCUT2D eigenvalue weighted by molar-refractivity contribution is 0.0526. The molecule has 0 aliphatic rings. The van der Waals surface area contributed by atoms with Crippen LogP contribution >= 0.6 is 0 Å². The van der Waals surface area contributed by atoms with Gasteiger partial charge in [0.15, 0.2) is 0 Å². The summed E-state index contributed by atoms with van der Waals surface area (Å²) in [6, 6.07) is 5.50. The molecule has 2 aromatic rings. The van der Waals surface area contributed by atoms with Gasteiger partial charge in [0.05, 0.1) is 29.5 Å². The second-order valence-electron chi connectivity index (χ2n) is 4.89. The number of hydrogen-bond donors (Lipinski definition) is 0. The van der Waals surface area contributed by atoms with Crippen molar-refractivity contribution in [2.24, 2.45) is 0 Å². The number of benzene rings is 1. The number of aromatic nitrogens is 2. The second-order valence-corrected chi connectivity index (χ2v) is 4.89. The Morgan fingerprint density at radius 3 is 2.71 bits per heavy atom. The fourth-order valence-corrected chi connectivity index (χ4v) is 2.37. The predicted molar refractivity (Wildman–Crippen MR) is 83.5 cm³/mol. The first kappa shape index (κ1) is 15.5. The van der Waals surface area contributed by atoms with Crippen LogP contribution in [0.1, 0.15) is 31.1 Å². The fraction of sp³-hybridized carbons (Fsp3) is 0.500. The third-order valence-corrected chi connectivity index (χ3v) is 3.68. The molecule has 21 heavy (non-hydrogen) atoms. The van der Waals surface area contributed by atoms with Gasteiger partial charge in [-0.3, -0.25) is 0 Å². The van der Waals surface area contributed by atoms with Crippen LogP contribution in [-0.2, 0) is 11.3 Å². The summed E-state index contributed by atoms with van der Waals surface area (Å²) in [4.78, 5) is 18.6. The minimum absolute atomic E-state index is 0.282. The maximum absolute atomic E-state index is 11.8. The third-order valence-electron chi connectivity index (χ3n) is 3.68. The van der Waals surface area contributed by atoms with E-state index in [1.807, 2.05) is 25.4 Å². The van der Waals surface area contributed by atoms with Crippen molar-refractivity contribution in [1.82, 2.24) is 14.5 Å². The Labute approximate surface area is 125 Å². The van der Waals surface area contributed by atoms with E-state index in [-0.39, 0.29) is 5.97 Å². The van der Waals surface area contributed by atoms with Gasteiger partial charge in [0, 0.05) is 13.1 Å². The Morgan fingerprint density at radius 1 is 1.29 bits per heavy atom. The van der Waals surface area contributed by atoms with E-state index in [0.29, 0.717) is 12.2 Å². The van der Waals surface area contributed by atoms with Crippen LogP contribution in [0.5, 0.6) is 0 Å². The number of hydrogen-bond acceptors (Lipinski definition) is 4. The lowest BCUT2D eigenvalue weighted by Crippen LogP contribution is -2.26. The van der Waals surface area contributed by atoms with Crippen molar-refractivity contribution in [2.45, 2.75) is 27.3 Å². The Balaban J connectivity index is 2.20. The van der Waals surface area contributed by atoms with E-state index in [2.05, 4.69) is 28.3 Å². The van der Waals surface area contributed by atoms with Crippen LogP contribution in [0.4, 0.5) is 0 Å². The number of likely N-dealkylation sites (N-methyl/N-ethyl adjacent to an activating group) is 1. The highest BCUT2D eigenvalue weighted by Gasteiger charge is 2.10. The number of ether oxygens (including phenoxy) is 1. The van der Waals surface area contributed by atoms with Crippen molar-refractivity contribution in [3.63, 3.8) is 0 Å². The molecule has 1 heterocycles. The van der Waals surface area contributed by atoms with Gasteiger partial charge in [-0.05, 0) is 38.2 Å². The van der Waals surface area contributed by atoms with Crippen LogP contribution in [0.15, 0.2) is 24.5 Å². The summed E-state index contributed by atoms with van der Waals surface area (Å²) in [6.45, 7) is 10.4. The van der Waals surface area contributed by atoms with Crippen LogP contribution in [0.25, 0.3) is 11.0 Å². The zero-order chi connectivity index (χ0) is 15.2. The van der Waals surface area contributed by atoms with Crippen LogP contribution in [0.3, 0.4) is 0 Å². The van der Waals surface area contributed by atoms with E-state index >= 15 is 0 Å². The summed E-state index contributed by atoms with van der Waals surface area (Å²) in [5.41, 5.74) is 2.46. The van der Waals surface area contributed by atoms with Gasteiger partial charge in [-0.25, -0.2) is 9.78 Å². The highest BCUT2D eigenvalue weighted by atomic mass is 16.5. The number of carbonyl (C=O) groups excluding carboxylic acids is 1. The Morgan fingerprint density at radius 2 is 2.05 bits per heavy atom. The van der Waals surface area contributed by atoms with Gasteiger partial charge in [0.2, 0.25) is 0 Å². The Hall–Kier alpha value is -1.88. The number of imidazole rings is 1. The minimum Gasteiger partial charge on any atom is -0.462 e. The van der Waals surface area contributed by atoms with Crippen LogP contribution in [-0.4, -0.2) is 46.7 Å². The van der Waals surface area contributed by atoms with Gasteiger partial charge in [0.25, 0.3) is 0 Å². The molecule has 0 fully saturated rings. The van der Waals surface area contributed by atoms with Crippen LogP contribution in [0.2, 0.25) is 0 Å². The smallest absolute Gasteiger partial charge is 0.338 e. The molecular weight excluding hydrogens is 266 g/mol. The standard InChI is InChI=1S/C16H23N3O2/c1-4-18(5-2)9-10-19-12-17-14-8-7-13(11-15(14)19)16(20)21-6-3/h7-8,11-12H,4-6,9-10H2,1-3H3. The molecular formula is C16H23N3O2. The Kier molecular flexibility index (Phi) is 5.33. The van der Waals surface area contributed by atoms with E-state index in [0.717, 1.165) is 37.2 Å². The number of nitrogens with zero attached hydrogens (tertiary/aromatic N) is 3. The lowest BCUT2D eigenvalue weighted by atomic mass is 10.2. The normalized spacial score (nSPS) is 11.2. The van der Waals surface area contributed by atoms with E-state index < -0.39 is 0 Å². The molecule has 0 amide bonds. The monoisotopic (exact) mass is 289 g/mol. The summed E-state index contributed by atoms with van der Waals surface area (Å²) in [6.07, 6.45) is 1.84. The summed E-state index contributed by atoms with van der Waals surface area (Å²) >= 11 is 0. The zero-order valence-electron chi connectivity index (χ0n) is 13.0. The average molecular weight is 289 g/mol. The molecule has 0 unspecified atom stereocenters. The molecule has 0 aliphatic carbocycles. The van der Waals surface area contributed by atoms with Gasteiger partial charge in [0.1, 0.15) is 0 Å². The van der Waals surface area contributed by atoms with Gasteiger partial charge >= 0.3 is 5.97 Å². The number of fused-ring (bicyclic) bond motifs is 1. The first-order chi connectivity index (χ1) is 10.2. The van der Waals surface area contributed by atoms with Gasteiger partial charge in [-0.2, -0.15) is 0 Å². The van der Waals surface area contributed by atoms with Gasteiger partial charge < -0.3 is 14.2 Å². The molecule has 0 saturated carbocycles. The molecule has 0 N–H and O–H groups in total. The van der Waals surface area contributed by atoms with E-state index in [9.17, 15) is 4.79 Å². The molecule has 5 nitrogen and oxygen atoms in total. The molecule has 1 aromatic heterocycles. The van der Waals surface area contributed by atoms with Crippen molar-refractivity contribution in [1.29, 1.82) is 0 Å². The zero-order valence-corrected chi connectivity index (χ0v) is 13.0. The maximum atomic E-state index is 11.8. The summed E-state index contributed by atoms with van der Waals surface area (Å²) in [5, 5.41) is 0. The average Bonchev–Trinajstić information content (AvgIpc) is 2.91. The summed E-state index contributed by atoms with van der Waals surface area (Å²) < 4.78 is 7.14. The molecule has 5 heteroatoms. The van der Waals surface area contributed by atoms with Gasteiger partial charge in [-0.15, -0.1) is 0 Å². The molecule has 114 valence electrons. The highest BCUT2D eigenvalue weighted by Crippen LogP contribution is 2.16. The molecule has 1 aromatic carbocycles. The SMILES string of the molecule is CCOC(=O)c1ccc2ncn(CCN(CC)CC)c2c1. The number of esters is 1. The van der Waals surface area contributed by atoms with Crippen molar-refractivity contribution in [2.75, 3.05) is 26.2 Å².